The molecule has 1 N–H and O–H groups in total. The Labute approximate surface area is 118 Å². The zero-order chi connectivity index (χ0) is 13.7. The molecule has 0 radical (unpaired) electrons. The number of carboxylic acids is 1. The summed E-state index contributed by atoms with van der Waals surface area (Å²) in [7, 11) is 1.62. The lowest BCUT2D eigenvalue weighted by atomic mass is 10.2. The van der Waals surface area contributed by atoms with Gasteiger partial charge in [-0.05, 0) is 41.4 Å². The predicted molar refractivity (Wildman–Crippen MR) is 74.9 cm³/mol. The van der Waals surface area contributed by atoms with Crippen LogP contribution in [0.2, 0.25) is 0 Å². The second-order valence-corrected chi connectivity index (χ2v) is 5.47. The molecule has 0 bridgehead atoms. The molecule has 2 aromatic rings. The van der Waals surface area contributed by atoms with Gasteiger partial charge in [-0.2, -0.15) is 0 Å². The SMILES string of the molecule is COc1ccc(-c2snnc2SCCC(=O)O)cc1. The molecule has 2 rings (SSSR count). The molecule has 7 heteroatoms. The fraction of sp³-hybridized carbons (Fsp3) is 0.250. The van der Waals surface area contributed by atoms with Crippen molar-refractivity contribution in [1.82, 2.24) is 9.59 Å². The maximum atomic E-state index is 10.5. The highest BCUT2D eigenvalue weighted by Crippen LogP contribution is 2.33. The van der Waals surface area contributed by atoms with Gasteiger partial charge in [0, 0.05) is 5.75 Å². The van der Waals surface area contributed by atoms with Crippen LogP contribution in [0.1, 0.15) is 6.42 Å². The predicted octanol–water partition coefficient (Wildman–Crippen LogP) is 2.78. The highest BCUT2D eigenvalue weighted by Gasteiger charge is 2.11. The Balaban J connectivity index is 2.11. The van der Waals surface area contributed by atoms with E-state index in [2.05, 4.69) is 9.59 Å². The number of aromatic nitrogens is 2. The van der Waals surface area contributed by atoms with Crippen LogP contribution in [0, 0.1) is 0 Å². The van der Waals surface area contributed by atoms with Crippen LogP contribution in [0.5, 0.6) is 5.75 Å². The molecule has 0 fully saturated rings. The van der Waals surface area contributed by atoms with Gasteiger partial charge >= 0.3 is 5.97 Å². The molecule has 100 valence electrons. The van der Waals surface area contributed by atoms with Crippen molar-refractivity contribution in [2.45, 2.75) is 11.4 Å². The maximum absolute atomic E-state index is 10.5. The standard InChI is InChI=1S/C12H12N2O3S2/c1-17-9-4-2-8(3-5-9)11-12(13-14-19-11)18-7-6-10(15)16/h2-5H,6-7H2,1H3,(H,15,16). The fourth-order valence-corrected chi connectivity index (χ4v) is 3.15. The van der Waals surface area contributed by atoms with Crippen LogP contribution >= 0.6 is 23.3 Å². The van der Waals surface area contributed by atoms with E-state index in [-0.39, 0.29) is 6.42 Å². The van der Waals surface area contributed by atoms with Crippen LogP contribution in [0.3, 0.4) is 0 Å². The Morgan fingerprint density at radius 2 is 2.16 bits per heavy atom. The van der Waals surface area contributed by atoms with Crippen LogP contribution in [0.4, 0.5) is 0 Å². The molecule has 0 saturated heterocycles. The van der Waals surface area contributed by atoms with Crippen molar-refractivity contribution in [2.24, 2.45) is 0 Å². The molecule has 0 spiro atoms. The first-order valence-corrected chi connectivity index (χ1v) is 7.28. The molecule has 1 heterocycles. The minimum absolute atomic E-state index is 0.115. The first-order chi connectivity index (χ1) is 9.20. The van der Waals surface area contributed by atoms with Crippen LogP contribution in [-0.2, 0) is 4.79 Å². The summed E-state index contributed by atoms with van der Waals surface area (Å²) < 4.78 is 9.04. The number of carboxylic acid groups (broad SMARTS) is 1. The fourth-order valence-electron chi connectivity index (χ4n) is 1.43. The largest absolute Gasteiger partial charge is 0.497 e. The third-order valence-electron chi connectivity index (χ3n) is 2.36. The van der Waals surface area contributed by atoms with Crippen molar-refractivity contribution in [1.29, 1.82) is 0 Å². The number of rotatable bonds is 6. The highest BCUT2D eigenvalue weighted by atomic mass is 32.2. The van der Waals surface area contributed by atoms with E-state index in [1.807, 2.05) is 24.3 Å². The Hall–Kier alpha value is -1.60. The van der Waals surface area contributed by atoms with Crippen LogP contribution in [-0.4, -0.2) is 33.5 Å². The number of ether oxygens (including phenoxy) is 1. The molecular weight excluding hydrogens is 284 g/mol. The first-order valence-electron chi connectivity index (χ1n) is 5.52. The average Bonchev–Trinajstić information content (AvgIpc) is 2.87. The summed E-state index contributed by atoms with van der Waals surface area (Å²) in [4.78, 5) is 11.4. The van der Waals surface area contributed by atoms with E-state index in [9.17, 15) is 4.79 Å². The van der Waals surface area contributed by atoms with Crippen molar-refractivity contribution in [3.05, 3.63) is 24.3 Å². The molecule has 19 heavy (non-hydrogen) atoms. The Morgan fingerprint density at radius 1 is 1.42 bits per heavy atom. The molecule has 0 atom stereocenters. The van der Waals surface area contributed by atoms with Crippen LogP contribution in [0.15, 0.2) is 29.3 Å². The van der Waals surface area contributed by atoms with E-state index in [1.165, 1.54) is 23.3 Å². The second kappa shape index (κ2) is 6.53. The Morgan fingerprint density at radius 3 is 2.79 bits per heavy atom. The molecule has 5 nitrogen and oxygen atoms in total. The van der Waals surface area contributed by atoms with Gasteiger partial charge in [-0.25, -0.2) is 0 Å². The van der Waals surface area contributed by atoms with E-state index in [0.717, 1.165) is 21.2 Å². The van der Waals surface area contributed by atoms with Gasteiger partial charge in [-0.3, -0.25) is 4.79 Å². The van der Waals surface area contributed by atoms with Crippen molar-refractivity contribution in [3.63, 3.8) is 0 Å². The lowest BCUT2D eigenvalue weighted by Gasteiger charge is -2.02. The number of hydrogen-bond donors (Lipinski definition) is 1. The molecule has 0 aliphatic heterocycles. The van der Waals surface area contributed by atoms with Crippen LogP contribution < -0.4 is 4.74 Å². The number of nitrogens with zero attached hydrogens (tertiary/aromatic N) is 2. The summed E-state index contributed by atoms with van der Waals surface area (Å²) >= 11 is 2.72. The summed E-state index contributed by atoms with van der Waals surface area (Å²) in [6.45, 7) is 0. The summed E-state index contributed by atoms with van der Waals surface area (Å²) in [5, 5.41) is 13.4. The van der Waals surface area contributed by atoms with E-state index < -0.39 is 5.97 Å². The van der Waals surface area contributed by atoms with Gasteiger partial charge in [-0.15, -0.1) is 16.9 Å². The van der Waals surface area contributed by atoms with E-state index in [4.69, 9.17) is 9.84 Å². The van der Waals surface area contributed by atoms with Crippen molar-refractivity contribution >= 4 is 29.3 Å². The Kier molecular flexibility index (Phi) is 4.75. The van der Waals surface area contributed by atoms with E-state index in [1.54, 1.807) is 7.11 Å². The molecule has 1 aromatic heterocycles. The molecule has 0 unspecified atom stereocenters. The minimum Gasteiger partial charge on any atom is -0.497 e. The third-order valence-corrected chi connectivity index (χ3v) is 4.24. The zero-order valence-corrected chi connectivity index (χ0v) is 11.8. The van der Waals surface area contributed by atoms with Gasteiger partial charge in [-0.1, -0.05) is 4.49 Å². The number of hydrogen-bond acceptors (Lipinski definition) is 6. The zero-order valence-electron chi connectivity index (χ0n) is 10.2. The van der Waals surface area contributed by atoms with Crippen LogP contribution in [0.25, 0.3) is 10.4 Å². The van der Waals surface area contributed by atoms with Crippen molar-refractivity contribution in [2.75, 3.05) is 12.9 Å². The molecule has 0 amide bonds. The van der Waals surface area contributed by atoms with Crippen molar-refractivity contribution < 1.29 is 14.6 Å². The van der Waals surface area contributed by atoms with E-state index >= 15 is 0 Å². The molecule has 1 aromatic carbocycles. The molecule has 0 aliphatic rings. The quantitative estimate of drug-likeness (QED) is 0.826. The highest BCUT2D eigenvalue weighted by molar-refractivity contribution is 7.99. The third kappa shape index (κ3) is 3.68. The number of benzene rings is 1. The second-order valence-electron chi connectivity index (χ2n) is 3.63. The lowest BCUT2D eigenvalue weighted by molar-refractivity contribution is -0.136. The normalized spacial score (nSPS) is 10.4. The van der Waals surface area contributed by atoms with E-state index in [0.29, 0.717) is 5.75 Å². The summed E-state index contributed by atoms with van der Waals surface area (Å²) in [5.41, 5.74) is 1.01. The van der Waals surface area contributed by atoms with Gasteiger partial charge in [0.25, 0.3) is 0 Å². The maximum Gasteiger partial charge on any atom is 0.304 e. The number of carbonyl (C=O) groups is 1. The topological polar surface area (TPSA) is 72.3 Å². The van der Waals surface area contributed by atoms with Gasteiger partial charge in [0.15, 0.2) is 0 Å². The summed E-state index contributed by atoms with van der Waals surface area (Å²) in [6, 6.07) is 7.63. The Bertz CT molecular complexity index is 554. The van der Waals surface area contributed by atoms with Gasteiger partial charge < -0.3 is 9.84 Å². The van der Waals surface area contributed by atoms with Gasteiger partial charge in [0.1, 0.15) is 10.8 Å². The monoisotopic (exact) mass is 296 g/mol. The molecular formula is C12H12N2O3S2. The van der Waals surface area contributed by atoms with Crippen molar-refractivity contribution in [3.8, 4) is 16.2 Å². The molecule has 0 aliphatic carbocycles. The smallest absolute Gasteiger partial charge is 0.304 e. The van der Waals surface area contributed by atoms with Gasteiger partial charge in [0.05, 0.1) is 18.4 Å². The lowest BCUT2D eigenvalue weighted by Crippen LogP contribution is -1.96. The number of methoxy groups -OCH3 is 1. The number of aliphatic carboxylic acids is 1. The summed E-state index contributed by atoms with van der Waals surface area (Å²) in [5.74, 6) is 0.479. The number of thioether (sulfide) groups is 1. The summed E-state index contributed by atoms with van der Waals surface area (Å²) in [6.07, 6.45) is 0.115. The average molecular weight is 296 g/mol. The van der Waals surface area contributed by atoms with Gasteiger partial charge in [0.2, 0.25) is 0 Å². The molecule has 0 saturated carbocycles. The first kappa shape index (κ1) is 13.8. The minimum atomic E-state index is -0.804.